The first kappa shape index (κ1) is 25.1. The van der Waals surface area contributed by atoms with Gasteiger partial charge in [-0.2, -0.15) is 0 Å². The highest BCUT2D eigenvalue weighted by molar-refractivity contribution is 7.80. The Balaban J connectivity index is 1.93. The van der Waals surface area contributed by atoms with Crippen molar-refractivity contribution < 1.29 is 24.2 Å². The number of nitro groups is 2. The number of hydrogen-bond acceptors (Lipinski definition) is 8. The number of hydrogen-bond donors (Lipinski definition) is 3. The van der Waals surface area contributed by atoms with E-state index in [1.807, 2.05) is 39.0 Å². The quantitative estimate of drug-likeness (QED) is 0.310. The van der Waals surface area contributed by atoms with Gasteiger partial charge < -0.3 is 4.74 Å². The number of carbonyl (C=O) groups excluding carboxylic acids is 2. The molecule has 0 saturated carbocycles. The van der Waals surface area contributed by atoms with E-state index in [1.54, 1.807) is 0 Å². The van der Waals surface area contributed by atoms with Crippen molar-refractivity contribution in [2.24, 2.45) is 0 Å². The minimum absolute atomic E-state index is 0.189. The van der Waals surface area contributed by atoms with Crippen LogP contribution in [0.15, 0.2) is 36.4 Å². The summed E-state index contributed by atoms with van der Waals surface area (Å²) in [7, 11) is 0. The standard InChI is InChI=1S/C20H21N5O7S/c1-11(2)16-5-4-12(3)6-17(16)32-10-18(26)22-23-20(33)21-19(27)13-7-14(24(28)29)9-15(8-13)25(30)31/h4-9,11H,10H2,1-3H3,(H,22,26)(H2,21,23,27,33). The van der Waals surface area contributed by atoms with Crippen molar-refractivity contribution in [3.63, 3.8) is 0 Å². The highest BCUT2D eigenvalue weighted by Crippen LogP contribution is 2.27. The number of nitrogens with one attached hydrogen (secondary N) is 3. The minimum Gasteiger partial charge on any atom is -0.483 e. The molecular formula is C20H21N5O7S. The maximum atomic E-state index is 12.3. The molecule has 3 N–H and O–H groups in total. The Kier molecular flexibility index (Phi) is 8.34. The van der Waals surface area contributed by atoms with E-state index in [9.17, 15) is 29.8 Å². The Labute approximate surface area is 193 Å². The molecule has 33 heavy (non-hydrogen) atoms. The van der Waals surface area contributed by atoms with Crippen molar-refractivity contribution in [1.82, 2.24) is 16.2 Å². The van der Waals surface area contributed by atoms with E-state index in [4.69, 9.17) is 17.0 Å². The van der Waals surface area contributed by atoms with E-state index in [-0.39, 0.29) is 23.2 Å². The predicted octanol–water partition coefficient (Wildman–Crippen LogP) is 2.65. The lowest BCUT2D eigenvalue weighted by Gasteiger charge is -2.15. The molecule has 2 amide bonds. The molecular weight excluding hydrogens is 454 g/mol. The average Bonchev–Trinajstić information content (AvgIpc) is 2.75. The smallest absolute Gasteiger partial charge is 0.277 e. The lowest BCUT2D eigenvalue weighted by Crippen LogP contribution is -2.49. The molecule has 0 atom stereocenters. The van der Waals surface area contributed by atoms with Crippen molar-refractivity contribution in [1.29, 1.82) is 0 Å². The van der Waals surface area contributed by atoms with Crippen LogP contribution in [-0.4, -0.2) is 33.4 Å². The van der Waals surface area contributed by atoms with Gasteiger partial charge in [0.1, 0.15) is 5.75 Å². The van der Waals surface area contributed by atoms with Crippen LogP contribution in [0.25, 0.3) is 0 Å². The number of non-ortho nitro benzene ring substituents is 2. The van der Waals surface area contributed by atoms with Gasteiger partial charge in [-0.15, -0.1) is 0 Å². The number of aryl methyl sites for hydroxylation is 1. The fraction of sp³-hybridized carbons (Fsp3) is 0.250. The zero-order valence-corrected chi connectivity index (χ0v) is 18.7. The average molecular weight is 475 g/mol. The summed E-state index contributed by atoms with van der Waals surface area (Å²) in [5, 5.41) is 23.7. The number of carbonyl (C=O) groups is 2. The molecule has 0 aliphatic carbocycles. The van der Waals surface area contributed by atoms with Crippen molar-refractivity contribution in [3.05, 3.63) is 73.3 Å². The van der Waals surface area contributed by atoms with Gasteiger partial charge in [-0.05, 0) is 42.3 Å². The first-order valence-electron chi connectivity index (χ1n) is 9.55. The highest BCUT2D eigenvalue weighted by Gasteiger charge is 2.20. The lowest BCUT2D eigenvalue weighted by molar-refractivity contribution is -0.394. The lowest BCUT2D eigenvalue weighted by atomic mass is 10.0. The van der Waals surface area contributed by atoms with E-state index in [0.29, 0.717) is 5.75 Å². The molecule has 13 heteroatoms. The summed E-state index contributed by atoms with van der Waals surface area (Å²) in [5.41, 5.74) is 4.84. The SMILES string of the molecule is Cc1ccc(C(C)C)c(OCC(=O)NNC(=S)NC(=O)c2cc([N+](=O)[O-])cc([N+](=O)[O-])c2)c1. The molecule has 0 radical (unpaired) electrons. The number of ether oxygens (including phenoxy) is 1. The molecule has 174 valence electrons. The van der Waals surface area contributed by atoms with Crippen LogP contribution in [0.1, 0.15) is 41.3 Å². The minimum atomic E-state index is -0.939. The van der Waals surface area contributed by atoms with Crippen molar-refractivity contribution in [2.75, 3.05) is 6.61 Å². The number of amides is 2. The second kappa shape index (κ2) is 10.9. The van der Waals surface area contributed by atoms with Gasteiger partial charge in [0.25, 0.3) is 23.2 Å². The van der Waals surface area contributed by atoms with Crippen molar-refractivity contribution in [2.45, 2.75) is 26.7 Å². The number of nitro benzene ring substituents is 2. The van der Waals surface area contributed by atoms with E-state index in [1.165, 1.54) is 0 Å². The molecule has 0 spiro atoms. The van der Waals surface area contributed by atoms with Gasteiger partial charge in [0.05, 0.1) is 21.5 Å². The van der Waals surface area contributed by atoms with Crippen LogP contribution in [0.5, 0.6) is 5.75 Å². The molecule has 0 fully saturated rings. The van der Waals surface area contributed by atoms with Gasteiger partial charge in [0, 0.05) is 12.1 Å². The van der Waals surface area contributed by atoms with Crippen molar-refractivity contribution >= 4 is 40.5 Å². The van der Waals surface area contributed by atoms with Crippen LogP contribution in [0.2, 0.25) is 0 Å². The molecule has 2 aromatic rings. The summed E-state index contributed by atoms with van der Waals surface area (Å²) in [6.07, 6.45) is 0. The van der Waals surface area contributed by atoms with E-state index in [2.05, 4.69) is 16.2 Å². The first-order chi connectivity index (χ1) is 15.5. The van der Waals surface area contributed by atoms with Gasteiger partial charge >= 0.3 is 0 Å². The van der Waals surface area contributed by atoms with Gasteiger partial charge in [0.15, 0.2) is 11.7 Å². The number of benzene rings is 2. The molecule has 0 aliphatic heterocycles. The normalized spacial score (nSPS) is 10.3. The molecule has 0 heterocycles. The summed E-state index contributed by atoms with van der Waals surface area (Å²) in [4.78, 5) is 44.5. The number of rotatable bonds is 7. The van der Waals surface area contributed by atoms with Crippen LogP contribution in [0.4, 0.5) is 11.4 Å². The monoisotopic (exact) mass is 475 g/mol. The Morgan fingerprint density at radius 3 is 2.18 bits per heavy atom. The molecule has 0 bridgehead atoms. The van der Waals surface area contributed by atoms with Crippen LogP contribution in [-0.2, 0) is 4.79 Å². The summed E-state index contributed by atoms with van der Waals surface area (Å²) in [6.45, 7) is 5.56. The zero-order valence-electron chi connectivity index (χ0n) is 17.9. The first-order valence-corrected chi connectivity index (χ1v) is 9.96. The summed E-state index contributed by atoms with van der Waals surface area (Å²) in [6, 6.07) is 8.15. The number of hydrazine groups is 1. The Bertz CT molecular complexity index is 1090. The fourth-order valence-corrected chi connectivity index (χ4v) is 2.84. The molecule has 0 aromatic heterocycles. The number of nitrogens with zero attached hydrogens (tertiary/aromatic N) is 2. The third-order valence-electron chi connectivity index (χ3n) is 4.28. The largest absolute Gasteiger partial charge is 0.483 e. The van der Waals surface area contributed by atoms with Crippen LogP contribution in [0, 0.1) is 27.2 Å². The van der Waals surface area contributed by atoms with Gasteiger partial charge in [-0.25, -0.2) is 0 Å². The number of thiocarbonyl (C=S) groups is 1. The molecule has 0 saturated heterocycles. The van der Waals surface area contributed by atoms with Gasteiger partial charge in [-0.1, -0.05) is 26.0 Å². The topological polar surface area (TPSA) is 166 Å². The Morgan fingerprint density at radius 1 is 1.03 bits per heavy atom. The predicted molar refractivity (Wildman–Crippen MR) is 122 cm³/mol. The highest BCUT2D eigenvalue weighted by atomic mass is 32.1. The maximum absolute atomic E-state index is 12.3. The van der Waals surface area contributed by atoms with E-state index < -0.39 is 33.0 Å². The van der Waals surface area contributed by atoms with Crippen LogP contribution >= 0.6 is 12.2 Å². The molecule has 2 aromatic carbocycles. The zero-order chi connectivity index (χ0) is 24.7. The van der Waals surface area contributed by atoms with Crippen LogP contribution < -0.4 is 20.9 Å². The third kappa shape index (κ3) is 7.21. The summed E-state index contributed by atoms with van der Waals surface area (Å²) < 4.78 is 5.58. The third-order valence-corrected chi connectivity index (χ3v) is 4.48. The van der Waals surface area contributed by atoms with Gasteiger partial charge in [0.2, 0.25) is 0 Å². The molecule has 12 nitrogen and oxygen atoms in total. The van der Waals surface area contributed by atoms with E-state index >= 15 is 0 Å². The Morgan fingerprint density at radius 2 is 1.64 bits per heavy atom. The second-order valence-corrected chi connectivity index (χ2v) is 7.60. The molecule has 0 unspecified atom stereocenters. The summed E-state index contributed by atoms with van der Waals surface area (Å²) in [5.74, 6) is -0.766. The van der Waals surface area contributed by atoms with E-state index in [0.717, 1.165) is 29.3 Å². The summed E-state index contributed by atoms with van der Waals surface area (Å²) >= 11 is 4.90. The van der Waals surface area contributed by atoms with Crippen molar-refractivity contribution in [3.8, 4) is 5.75 Å². The van der Waals surface area contributed by atoms with Crippen LogP contribution in [0.3, 0.4) is 0 Å². The second-order valence-electron chi connectivity index (χ2n) is 7.19. The Hall–Kier alpha value is -4.13. The molecule has 2 rings (SSSR count). The molecule has 0 aliphatic rings. The van der Waals surface area contributed by atoms with Gasteiger partial charge in [-0.3, -0.25) is 46.0 Å². The fourth-order valence-electron chi connectivity index (χ4n) is 2.69. The maximum Gasteiger partial charge on any atom is 0.277 e.